The summed E-state index contributed by atoms with van der Waals surface area (Å²) in [5, 5.41) is 16.1. The van der Waals surface area contributed by atoms with Gasteiger partial charge in [-0.05, 0) is 32.7 Å². The minimum absolute atomic E-state index is 0.0631. The molecule has 13 heteroatoms. The van der Waals surface area contributed by atoms with Crippen LogP contribution in [0.25, 0.3) is 0 Å². The normalized spacial score (nSPS) is 14.8. The van der Waals surface area contributed by atoms with Crippen molar-refractivity contribution in [3.05, 3.63) is 0 Å². The highest BCUT2D eigenvalue weighted by Crippen LogP contribution is 2.03. The molecule has 4 amide bonds. The molecule has 0 aromatic carbocycles. The van der Waals surface area contributed by atoms with Crippen molar-refractivity contribution in [2.75, 3.05) is 12.3 Å². The van der Waals surface area contributed by atoms with E-state index in [4.69, 9.17) is 17.2 Å². The van der Waals surface area contributed by atoms with Crippen molar-refractivity contribution in [3.63, 3.8) is 0 Å². The van der Waals surface area contributed by atoms with E-state index in [0.717, 1.165) is 0 Å². The minimum atomic E-state index is -1.41. The van der Waals surface area contributed by atoms with Crippen LogP contribution >= 0.6 is 12.6 Å². The van der Waals surface area contributed by atoms with Gasteiger partial charge in [-0.3, -0.25) is 19.2 Å². The van der Waals surface area contributed by atoms with Crippen molar-refractivity contribution in [3.8, 4) is 0 Å². The third kappa shape index (κ3) is 10.7. The number of unbranched alkanes of at least 4 members (excludes halogenated alkanes) is 1. The van der Waals surface area contributed by atoms with Crippen LogP contribution in [0.1, 0.15) is 32.6 Å². The molecule has 0 saturated carbocycles. The summed E-state index contributed by atoms with van der Waals surface area (Å²) in [6.45, 7) is 1.73. The summed E-state index contributed by atoms with van der Waals surface area (Å²) in [6, 6.07) is -4.62. The van der Waals surface area contributed by atoms with E-state index in [9.17, 15) is 29.1 Å². The van der Waals surface area contributed by atoms with Gasteiger partial charge in [-0.25, -0.2) is 4.79 Å². The fourth-order valence-electron chi connectivity index (χ4n) is 2.20. The number of thiol groups is 1. The molecule has 0 spiro atoms. The number of rotatable bonds is 14. The lowest BCUT2D eigenvalue weighted by atomic mass is 10.1. The average Bonchev–Trinajstić information content (AvgIpc) is 2.65. The molecule has 0 aliphatic heterocycles. The molecule has 29 heavy (non-hydrogen) atoms. The van der Waals surface area contributed by atoms with Gasteiger partial charge in [0.05, 0.1) is 12.5 Å². The number of primary amides is 1. The smallest absolute Gasteiger partial charge is 0.326 e. The Morgan fingerprint density at radius 3 is 2.03 bits per heavy atom. The highest BCUT2D eigenvalue weighted by atomic mass is 32.1. The van der Waals surface area contributed by atoms with Crippen LogP contribution in [0.15, 0.2) is 0 Å². The number of nitrogens with one attached hydrogen (secondary N) is 3. The van der Waals surface area contributed by atoms with E-state index in [-0.39, 0.29) is 12.2 Å². The van der Waals surface area contributed by atoms with Crippen molar-refractivity contribution in [1.29, 1.82) is 0 Å². The maximum Gasteiger partial charge on any atom is 0.326 e. The molecule has 0 rings (SSSR count). The molecule has 0 aromatic heterocycles. The molecule has 12 nitrogen and oxygen atoms in total. The Bertz CT molecular complexity index is 604. The van der Waals surface area contributed by atoms with E-state index in [2.05, 4.69) is 28.6 Å². The number of nitrogens with two attached hydrogens (primary N) is 3. The Morgan fingerprint density at radius 2 is 1.55 bits per heavy atom. The van der Waals surface area contributed by atoms with Gasteiger partial charge in [0.15, 0.2) is 0 Å². The van der Waals surface area contributed by atoms with Crippen LogP contribution in [0.5, 0.6) is 0 Å². The van der Waals surface area contributed by atoms with E-state index in [1.807, 2.05) is 0 Å². The van der Waals surface area contributed by atoms with E-state index in [1.54, 1.807) is 0 Å². The standard InChI is InChI=1S/C16H30N6O6S/c1-8(20-14(25)9(18)7-29)13(24)22-11(6-12(19)23)15(26)21-10(16(27)28)4-2-3-5-17/h8-11,29H,2-7,17-18H2,1H3,(H2,19,23)(H,20,25)(H,21,26)(H,22,24)(H,27,28). The Balaban J connectivity index is 5.06. The Labute approximate surface area is 174 Å². The van der Waals surface area contributed by atoms with Crippen molar-refractivity contribution in [2.24, 2.45) is 17.2 Å². The van der Waals surface area contributed by atoms with Gasteiger partial charge in [0, 0.05) is 5.75 Å². The SMILES string of the molecule is CC(NC(=O)C(N)CS)C(=O)NC(CC(N)=O)C(=O)NC(CCCCN)C(=O)O. The first-order valence-electron chi connectivity index (χ1n) is 9.02. The third-order valence-electron chi connectivity index (χ3n) is 3.89. The number of carbonyl (C=O) groups excluding carboxylic acids is 4. The van der Waals surface area contributed by atoms with Crippen molar-refractivity contribution >= 4 is 42.2 Å². The quantitative estimate of drug-likeness (QED) is 0.102. The predicted molar refractivity (Wildman–Crippen MR) is 108 cm³/mol. The lowest BCUT2D eigenvalue weighted by molar-refractivity contribution is -0.142. The molecule has 0 aliphatic rings. The van der Waals surface area contributed by atoms with Crippen LogP contribution in [-0.4, -0.2) is 71.2 Å². The Hall–Kier alpha value is -2.38. The lowest BCUT2D eigenvalue weighted by Crippen LogP contribution is -2.57. The van der Waals surface area contributed by atoms with E-state index >= 15 is 0 Å². The van der Waals surface area contributed by atoms with Crippen molar-refractivity contribution < 1.29 is 29.1 Å². The van der Waals surface area contributed by atoms with Crippen LogP contribution in [0.3, 0.4) is 0 Å². The summed E-state index contributed by atoms with van der Waals surface area (Å²) >= 11 is 3.88. The molecule has 0 bridgehead atoms. The number of carboxylic acid groups (broad SMARTS) is 1. The van der Waals surface area contributed by atoms with Gasteiger partial charge in [-0.2, -0.15) is 12.6 Å². The molecular weight excluding hydrogens is 404 g/mol. The van der Waals surface area contributed by atoms with Crippen molar-refractivity contribution in [1.82, 2.24) is 16.0 Å². The molecule has 0 saturated heterocycles. The number of amides is 4. The molecule has 0 aromatic rings. The monoisotopic (exact) mass is 434 g/mol. The molecule has 0 fully saturated rings. The van der Waals surface area contributed by atoms with Gasteiger partial charge in [-0.15, -0.1) is 0 Å². The van der Waals surface area contributed by atoms with E-state index in [1.165, 1.54) is 6.92 Å². The zero-order chi connectivity index (χ0) is 22.6. The van der Waals surface area contributed by atoms with Gasteiger partial charge in [0.1, 0.15) is 18.1 Å². The summed E-state index contributed by atoms with van der Waals surface area (Å²) in [5.74, 6) is -4.36. The van der Waals surface area contributed by atoms with Crippen LogP contribution in [0.2, 0.25) is 0 Å². The van der Waals surface area contributed by atoms with Gasteiger partial charge in [0.2, 0.25) is 23.6 Å². The summed E-state index contributed by atoms with van der Waals surface area (Å²) in [5.41, 5.74) is 16.0. The summed E-state index contributed by atoms with van der Waals surface area (Å²) in [7, 11) is 0. The molecule has 0 aliphatic carbocycles. The highest BCUT2D eigenvalue weighted by molar-refractivity contribution is 7.80. The number of hydrogen-bond donors (Lipinski definition) is 8. The zero-order valence-electron chi connectivity index (χ0n) is 16.2. The van der Waals surface area contributed by atoms with Crippen LogP contribution in [-0.2, 0) is 24.0 Å². The molecule has 166 valence electrons. The molecule has 10 N–H and O–H groups in total. The van der Waals surface area contributed by atoms with Gasteiger partial charge in [-0.1, -0.05) is 0 Å². The number of carbonyl (C=O) groups is 5. The maximum absolute atomic E-state index is 12.4. The van der Waals surface area contributed by atoms with Gasteiger partial charge in [0.25, 0.3) is 0 Å². The highest BCUT2D eigenvalue weighted by Gasteiger charge is 2.29. The predicted octanol–water partition coefficient (Wildman–Crippen LogP) is -3.19. The van der Waals surface area contributed by atoms with Gasteiger partial charge >= 0.3 is 5.97 Å². The van der Waals surface area contributed by atoms with Crippen LogP contribution in [0, 0.1) is 0 Å². The molecule has 4 unspecified atom stereocenters. The Kier molecular flexibility index (Phi) is 12.6. The first-order valence-corrected chi connectivity index (χ1v) is 9.65. The topological polar surface area (TPSA) is 220 Å². The van der Waals surface area contributed by atoms with Crippen LogP contribution < -0.4 is 33.2 Å². The summed E-state index contributed by atoms with van der Waals surface area (Å²) in [6.07, 6.45) is 0.620. The largest absolute Gasteiger partial charge is 0.480 e. The van der Waals surface area contributed by atoms with Crippen molar-refractivity contribution in [2.45, 2.75) is 56.8 Å². The molecular formula is C16H30N6O6S. The second-order valence-corrected chi connectivity index (χ2v) is 6.80. The average molecular weight is 435 g/mol. The summed E-state index contributed by atoms with van der Waals surface area (Å²) < 4.78 is 0. The first-order chi connectivity index (χ1) is 13.5. The number of carboxylic acids is 1. The molecule has 0 radical (unpaired) electrons. The summed E-state index contributed by atoms with van der Waals surface area (Å²) in [4.78, 5) is 59.0. The number of aliphatic carboxylic acids is 1. The van der Waals surface area contributed by atoms with Gasteiger partial charge < -0.3 is 38.3 Å². The van der Waals surface area contributed by atoms with E-state index < -0.39 is 60.2 Å². The maximum atomic E-state index is 12.4. The molecule has 0 heterocycles. The Morgan fingerprint density at radius 1 is 0.966 bits per heavy atom. The second kappa shape index (κ2) is 13.7. The lowest BCUT2D eigenvalue weighted by Gasteiger charge is -2.23. The minimum Gasteiger partial charge on any atom is -0.480 e. The fraction of sp³-hybridized carbons (Fsp3) is 0.688. The first kappa shape index (κ1) is 26.6. The zero-order valence-corrected chi connectivity index (χ0v) is 17.1. The fourth-order valence-corrected chi connectivity index (χ4v) is 2.36. The number of hydrogen-bond acceptors (Lipinski definition) is 8. The van der Waals surface area contributed by atoms with Crippen LogP contribution in [0.4, 0.5) is 0 Å². The van der Waals surface area contributed by atoms with E-state index in [0.29, 0.717) is 19.4 Å². The second-order valence-electron chi connectivity index (χ2n) is 6.43. The molecule has 4 atom stereocenters. The third-order valence-corrected chi connectivity index (χ3v) is 4.28.